The van der Waals surface area contributed by atoms with Crippen molar-refractivity contribution in [3.8, 4) is 5.75 Å². The second-order valence-electron chi connectivity index (χ2n) is 7.64. The van der Waals surface area contributed by atoms with Gasteiger partial charge in [0.1, 0.15) is 12.4 Å². The van der Waals surface area contributed by atoms with Gasteiger partial charge in [0.15, 0.2) is 0 Å². The highest BCUT2D eigenvalue weighted by Crippen LogP contribution is 2.23. The zero-order chi connectivity index (χ0) is 22.3. The van der Waals surface area contributed by atoms with Crippen molar-refractivity contribution in [2.24, 2.45) is 0 Å². The predicted molar refractivity (Wildman–Crippen MR) is 129 cm³/mol. The topological polar surface area (TPSA) is 63.7 Å². The van der Waals surface area contributed by atoms with Crippen LogP contribution in [-0.4, -0.2) is 37.2 Å². The number of carbonyl (C=O) groups is 1. The van der Waals surface area contributed by atoms with E-state index in [2.05, 4.69) is 21.3 Å². The van der Waals surface area contributed by atoms with Crippen LogP contribution in [0, 0.1) is 13.8 Å². The number of nitrogens with one attached hydrogen (secondary N) is 1. The molecule has 0 radical (unpaired) electrons. The molecule has 3 aromatic rings. The molecule has 0 bridgehead atoms. The average molecular weight is 450 g/mol. The van der Waals surface area contributed by atoms with Gasteiger partial charge in [0.2, 0.25) is 5.91 Å². The Hall–Kier alpha value is -3.16. The van der Waals surface area contributed by atoms with Gasteiger partial charge >= 0.3 is 0 Å². The van der Waals surface area contributed by atoms with Gasteiger partial charge in [-0.1, -0.05) is 12.1 Å². The van der Waals surface area contributed by atoms with Crippen LogP contribution in [0.4, 0.5) is 11.4 Å². The second-order valence-corrected chi connectivity index (χ2v) is 8.70. The van der Waals surface area contributed by atoms with Crippen molar-refractivity contribution in [2.75, 3.05) is 36.5 Å². The van der Waals surface area contributed by atoms with Gasteiger partial charge in [-0.2, -0.15) is 0 Å². The van der Waals surface area contributed by atoms with E-state index in [1.807, 2.05) is 55.6 Å². The van der Waals surface area contributed by atoms with Crippen LogP contribution in [0.3, 0.4) is 0 Å². The van der Waals surface area contributed by atoms with Crippen LogP contribution >= 0.6 is 11.3 Å². The number of aromatic nitrogens is 1. The van der Waals surface area contributed by atoms with Crippen LogP contribution in [0.15, 0.2) is 53.9 Å². The van der Waals surface area contributed by atoms with E-state index in [1.165, 1.54) is 0 Å². The van der Waals surface area contributed by atoms with Gasteiger partial charge < -0.3 is 19.7 Å². The quantitative estimate of drug-likeness (QED) is 0.524. The van der Waals surface area contributed by atoms with Gasteiger partial charge in [-0.3, -0.25) is 4.79 Å². The Balaban J connectivity index is 1.30. The third-order valence-electron chi connectivity index (χ3n) is 5.20. The standard InChI is InChI=1S/C25H27N3O3S/c1-18-15-22(28-11-13-30-14-12-28)6-9-24(18)27-25(29)10-5-20-3-7-23(8-4-20)31-16-21-17-32-19(2)26-21/h3-10,15,17H,11-14,16H2,1-2H3,(H,27,29)/b10-5+. The SMILES string of the molecule is Cc1nc(COc2ccc(/C=C/C(=O)Nc3ccc(N4CCOCC4)cc3C)cc2)cs1. The first-order valence-electron chi connectivity index (χ1n) is 10.6. The number of rotatable bonds is 7. The fourth-order valence-corrected chi connectivity index (χ4v) is 4.06. The van der Waals surface area contributed by atoms with E-state index in [0.29, 0.717) is 6.61 Å². The zero-order valence-electron chi connectivity index (χ0n) is 18.3. The normalized spacial score (nSPS) is 14.0. The van der Waals surface area contributed by atoms with Crippen molar-refractivity contribution in [1.29, 1.82) is 0 Å². The maximum atomic E-state index is 12.4. The Kier molecular flexibility index (Phi) is 7.19. The largest absolute Gasteiger partial charge is 0.487 e. The Morgan fingerprint density at radius 2 is 1.97 bits per heavy atom. The molecule has 1 amide bonds. The van der Waals surface area contributed by atoms with Crippen molar-refractivity contribution in [3.05, 3.63) is 75.7 Å². The Labute approximate surface area is 192 Å². The number of amides is 1. The molecular formula is C25H27N3O3S. The molecule has 1 aliphatic heterocycles. The highest BCUT2D eigenvalue weighted by Gasteiger charge is 2.12. The number of thiazole rings is 1. The maximum absolute atomic E-state index is 12.4. The van der Waals surface area contributed by atoms with Crippen molar-refractivity contribution in [2.45, 2.75) is 20.5 Å². The van der Waals surface area contributed by atoms with Crippen LogP contribution in [-0.2, 0) is 16.1 Å². The molecule has 6 nitrogen and oxygen atoms in total. The summed E-state index contributed by atoms with van der Waals surface area (Å²) in [7, 11) is 0. The molecule has 0 saturated carbocycles. The fraction of sp³-hybridized carbons (Fsp3) is 0.280. The number of aryl methyl sites for hydroxylation is 2. The average Bonchev–Trinajstić information content (AvgIpc) is 3.24. The van der Waals surface area contributed by atoms with Crippen LogP contribution in [0.25, 0.3) is 6.08 Å². The molecule has 2 heterocycles. The number of ether oxygens (including phenoxy) is 2. The highest BCUT2D eigenvalue weighted by atomic mass is 32.1. The summed E-state index contributed by atoms with van der Waals surface area (Å²) in [5, 5.41) is 6.00. The van der Waals surface area contributed by atoms with Gasteiger partial charge in [-0.15, -0.1) is 11.3 Å². The van der Waals surface area contributed by atoms with Crippen LogP contribution in [0.5, 0.6) is 5.75 Å². The lowest BCUT2D eigenvalue weighted by atomic mass is 10.1. The zero-order valence-corrected chi connectivity index (χ0v) is 19.2. The number of morpholine rings is 1. The Bertz CT molecular complexity index is 1090. The molecule has 1 saturated heterocycles. The first kappa shape index (κ1) is 22.0. The van der Waals surface area contributed by atoms with Crippen LogP contribution in [0.1, 0.15) is 21.8 Å². The number of hydrogen-bond acceptors (Lipinski definition) is 6. The van der Waals surface area contributed by atoms with Gasteiger partial charge in [0.25, 0.3) is 0 Å². The molecule has 4 rings (SSSR count). The number of nitrogens with zero attached hydrogens (tertiary/aromatic N) is 2. The molecule has 0 unspecified atom stereocenters. The Morgan fingerprint density at radius 3 is 2.66 bits per heavy atom. The van der Waals surface area contributed by atoms with Gasteiger partial charge in [0.05, 0.1) is 23.9 Å². The number of anilines is 2. The predicted octanol–water partition coefficient (Wildman–Crippen LogP) is 4.83. The molecule has 166 valence electrons. The molecule has 32 heavy (non-hydrogen) atoms. The lowest BCUT2D eigenvalue weighted by molar-refractivity contribution is -0.111. The van der Waals surface area contributed by atoms with E-state index in [1.54, 1.807) is 23.5 Å². The number of carbonyl (C=O) groups excluding carboxylic acids is 1. The summed E-state index contributed by atoms with van der Waals surface area (Å²) in [4.78, 5) is 19.1. The minimum atomic E-state index is -0.161. The van der Waals surface area contributed by atoms with Gasteiger partial charge in [0, 0.05) is 35.9 Å². The maximum Gasteiger partial charge on any atom is 0.248 e. The van der Waals surface area contributed by atoms with Crippen LogP contribution < -0.4 is 15.0 Å². The minimum Gasteiger partial charge on any atom is -0.487 e. The minimum absolute atomic E-state index is 0.161. The summed E-state index contributed by atoms with van der Waals surface area (Å²) in [5.74, 6) is 0.611. The Morgan fingerprint density at radius 1 is 1.19 bits per heavy atom. The molecule has 7 heteroatoms. The van der Waals surface area contributed by atoms with Crippen molar-refractivity contribution < 1.29 is 14.3 Å². The van der Waals surface area contributed by atoms with E-state index >= 15 is 0 Å². The van der Waals surface area contributed by atoms with Crippen molar-refractivity contribution in [3.63, 3.8) is 0 Å². The smallest absolute Gasteiger partial charge is 0.248 e. The third kappa shape index (κ3) is 5.96. The molecular weight excluding hydrogens is 422 g/mol. The summed E-state index contributed by atoms with van der Waals surface area (Å²) >= 11 is 1.61. The summed E-state index contributed by atoms with van der Waals surface area (Å²) in [6.07, 6.45) is 3.34. The summed E-state index contributed by atoms with van der Waals surface area (Å²) in [5.41, 5.74) is 4.87. The molecule has 1 aromatic heterocycles. The molecule has 1 aliphatic rings. The van der Waals surface area contributed by atoms with Gasteiger partial charge in [-0.05, 0) is 61.4 Å². The highest BCUT2D eigenvalue weighted by molar-refractivity contribution is 7.09. The molecule has 0 aliphatic carbocycles. The summed E-state index contributed by atoms with van der Waals surface area (Å²) in [6, 6.07) is 13.7. The summed E-state index contributed by atoms with van der Waals surface area (Å²) < 4.78 is 11.2. The third-order valence-corrected chi connectivity index (χ3v) is 6.03. The van der Waals surface area contributed by atoms with Crippen molar-refractivity contribution in [1.82, 2.24) is 4.98 Å². The van der Waals surface area contributed by atoms with E-state index in [0.717, 1.165) is 65.3 Å². The molecule has 1 N–H and O–H groups in total. The lowest BCUT2D eigenvalue weighted by Gasteiger charge is -2.29. The monoisotopic (exact) mass is 449 g/mol. The van der Waals surface area contributed by atoms with E-state index in [-0.39, 0.29) is 5.91 Å². The molecule has 0 atom stereocenters. The van der Waals surface area contributed by atoms with Crippen LogP contribution in [0.2, 0.25) is 0 Å². The second kappa shape index (κ2) is 10.4. The van der Waals surface area contributed by atoms with E-state index in [4.69, 9.17) is 9.47 Å². The molecule has 0 spiro atoms. The fourth-order valence-electron chi connectivity index (χ4n) is 3.46. The number of benzene rings is 2. The molecule has 2 aromatic carbocycles. The summed E-state index contributed by atoms with van der Waals surface area (Å²) in [6.45, 7) is 7.72. The van der Waals surface area contributed by atoms with Gasteiger partial charge in [-0.25, -0.2) is 4.98 Å². The first-order chi connectivity index (χ1) is 15.6. The lowest BCUT2D eigenvalue weighted by Crippen LogP contribution is -2.36. The van der Waals surface area contributed by atoms with E-state index in [9.17, 15) is 4.79 Å². The van der Waals surface area contributed by atoms with Crippen molar-refractivity contribution >= 4 is 34.7 Å². The first-order valence-corrected chi connectivity index (χ1v) is 11.5. The number of hydrogen-bond donors (Lipinski definition) is 1. The van der Waals surface area contributed by atoms with E-state index < -0.39 is 0 Å². The molecule has 1 fully saturated rings.